The van der Waals surface area contributed by atoms with Crippen molar-refractivity contribution in [1.82, 2.24) is 10.6 Å². The third-order valence-corrected chi connectivity index (χ3v) is 5.76. The van der Waals surface area contributed by atoms with Gasteiger partial charge in [-0.2, -0.15) is 0 Å². The molecule has 2 bridgehead atoms. The lowest BCUT2D eigenvalue weighted by Crippen LogP contribution is -2.41. The molecular weight excluding hydrogens is 236 g/mol. The Bertz CT molecular complexity index is 325. The summed E-state index contributed by atoms with van der Waals surface area (Å²) >= 11 is 0. The Morgan fingerprint density at radius 2 is 2.00 bits per heavy atom. The van der Waals surface area contributed by atoms with Gasteiger partial charge >= 0.3 is 0 Å². The quantitative estimate of drug-likeness (QED) is 0.818. The van der Waals surface area contributed by atoms with Crippen molar-refractivity contribution < 1.29 is 4.79 Å². The molecule has 3 heteroatoms. The summed E-state index contributed by atoms with van der Waals surface area (Å²) in [6.45, 7) is 4.39. The first-order chi connectivity index (χ1) is 9.22. The molecule has 4 atom stereocenters. The number of fused-ring (bicyclic) bond motifs is 2. The van der Waals surface area contributed by atoms with Crippen LogP contribution in [0.3, 0.4) is 0 Å². The molecule has 2 aliphatic carbocycles. The van der Waals surface area contributed by atoms with E-state index >= 15 is 0 Å². The first kappa shape index (κ1) is 13.4. The lowest BCUT2D eigenvalue weighted by atomic mass is 9.84. The molecule has 0 aromatic rings. The van der Waals surface area contributed by atoms with Gasteiger partial charge in [0.1, 0.15) is 0 Å². The first-order valence-corrected chi connectivity index (χ1v) is 8.22. The van der Waals surface area contributed by atoms with Crippen molar-refractivity contribution in [2.24, 2.45) is 23.7 Å². The van der Waals surface area contributed by atoms with Gasteiger partial charge in [-0.25, -0.2) is 0 Å². The summed E-state index contributed by atoms with van der Waals surface area (Å²) in [7, 11) is 0. The fourth-order valence-corrected chi connectivity index (χ4v) is 4.67. The molecule has 2 saturated carbocycles. The summed E-state index contributed by atoms with van der Waals surface area (Å²) in [5, 5.41) is 6.65. The zero-order valence-electron chi connectivity index (χ0n) is 12.2. The highest BCUT2D eigenvalue weighted by atomic mass is 16.1. The van der Waals surface area contributed by atoms with Crippen LogP contribution in [-0.2, 0) is 4.79 Å². The fraction of sp³-hybridized carbons (Fsp3) is 0.938. The molecule has 1 saturated heterocycles. The van der Waals surface area contributed by atoms with E-state index in [0.717, 1.165) is 50.1 Å². The molecule has 1 amide bonds. The van der Waals surface area contributed by atoms with Gasteiger partial charge in [0.2, 0.25) is 5.91 Å². The smallest absolute Gasteiger partial charge is 0.220 e. The summed E-state index contributed by atoms with van der Waals surface area (Å²) in [5.41, 5.74) is 0. The maximum absolute atomic E-state index is 12.2. The maximum Gasteiger partial charge on any atom is 0.220 e. The van der Waals surface area contributed by atoms with E-state index < -0.39 is 0 Å². The summed E-state index contributed by atoms with van der Waals surface area (Å²) in [4.78, 5) is 12.2. The molecule has 3 rings (SSSR count). The van der Waals surface area contributed by atoms with Crippen LogP contribution in [0.15, 0.2) is 0 Å². The van der Waals surface area contributed by atoms with Crippen molar-refractivity contribution in [3.63, 3.8) is 0 Å². The molecule has 108 valence electrons. The van der Waals surface area contributed by atoms with Crippen molar-refractivity contribution in [2.45, 2.75) is 57.9 Å². The number of carbonyl (C=O) groups excluding carboxylic acids is 1. The Balaban J connectivity index is 1.43. The van der Waals surface area contributed by atoms with Crippen LogP contribution in [0.4, 0.5) is 0 Å². The number of rotatable bonds is 4. The van der Waals surface area contributed by atoms with E-state index in [4.69, 9.17) is 0 Å². The summed E-state index contributed by atoms with van der Waals surface area (Å²) in [6, 6.07) is 0.393. The van der Waals surface area contributed by atoms with E-state index in [1.807, 2.05) is 0 Å². The molecule has 0 aromatic carbocycles. The van der Waals surface area contributed by atoms with E-state index in [-0.39, 0.29) is 0 Å². The molecule has 0 radical (unpaired) electrons. The highest BCUT2D eigenvalue weighted by molar-refractivity contribution is 5.76. The van der Waals surface area contributed by atoms with Gasteiger partial charge < -0.3 is 10.6 Å². The standard InChI is InChI=1S/C16H28N2O/c1-11(15-9-13-2-3-14(15)8-13)18-16(19)10-12-4-6-17-7-5-12/h11-15,17H,2-10H2,1H3,(H,18,19). The van der Waals surface area contributed by atoms with Crippen molar-refractivity contribution in [3.05, 3.63) is 0 Å². The van der Waals surface area contributed by atoms with Crippen molar-refractivity contribution in [2.75, 3.05) is 13.1 Å². The third-order valence-electron chi connectivity index (χ3n) is 5.76. The Morgan fingerprint density at radius 1 is 1.21 bits per heavy atom. The van der Waals surface area contributed by atoms with Gasteiger partial charge in [0.15, 0.2) is 0 Å². The second-order valence-electron chi connectivity index (χ2n) is 7.09. The summed E-state index contributed by atoms with van der Waals surface area (Å²) in [6.07, 6.45) is 8.71. The number of piperidine rings is 1. The average molecular weight is 264 g/mol. The molecule has 3 nitrogen and oxygen atoms in total. The molecule has 4 unspecified atom stereocenters. The largest absolute Gasteiger partial charge is 0.353 e. The summed E-state index contributed by atoms with van der Waals surface area (Å²) in [5.74, 6) is 3.53. The zero-order valence-corrected chi connectivity index (χ0v) is 12.2. The molecule has 2 N–H and O–H groups in total. The van der Waals surface area contributed by atoms with E-state index in [0.29, 0.717) is 17.9 Å². The van der Waals surface area contributed by atoms with Crippen molar-refractivity contribution >= 4 is 5.91 Å². The number of nitrogens with one attached hydrogen (secondary N) is 2. The van der Waals surface area contributed by atoms with Gasteiger partial charge in [0.25, 0.3) is 0 Å². The predicted molar refractivity (Wildman–Crippen MR) is 76.8 cm³/mol. The van der Waals surface area contributed by atoms with Crippen molar-refractivity contribution in [1.29, 1.82) is 0 Å². The average Bonchev–Trinajstić information content (AvgIpc) is 3.02. The molecule has 0 aromatic heterocycles. The normalized spacial score (nSPS) is 36.4. The Kier molecular flexibility index (Phi) is 4.11. The van der Waals surface area contributed by atoms with E-state index in [2.05, 4.69) is 17.6 Å². The monoisotopic (exact) mass is 264 g/mol. The number of hydrogen-bond acceptors (Lipinski definition) is 2. The molecule has 1 aliphatic heterocycles. The van der Waals surface area contributed by atoms with Crippen molar-refractivity contribution in [3.8, 4) is 0 Å². The van der Waals surface area contributed by atoms with Crippen LogP contribution in [0, 0.1) is 23.7 Å². The molecule has 3 aliphatic rings. The van der Waals surface area contributed by atoms with Gasteiger partial charge in [0.05, 0.1) is 0 Å². The highest BCUT2D eigenvalue weighted by Gasteiger charge is 2.42. The Morgan fingerprint density at radius 3 is 2.63 bits per heavy atom. The third kappa shape index (κ3) is 3.13. The second-order valence-corrected chi connectivity index (χ2v) is 7.09. The summed E-state index contributed by atoms with van der Waals surface area (Å²) < 4.78 is 0. The van der Waals surface area contributed by atoms with E-state index in [1.54, 1.807) is 0 Å². The van der Waals surface area contributed by atoms with E-state index in [9.17, 15) is 4.79 Å². The lowest BCUT2D eigenvalue weighted by molar-refractivity contribution is -0.123. The van der Waals surface area contributed by atoms with Gasteiger partial charge in [-0.05, 0) is 75.8 Å². The minimum absolute atomic E-state index is 0.294. The molecular formula is C16H28N2O. The molecule has 3 fully saturated rings. The number of hydrogen-bond donors (Lipinski definition) is 2. The van der Waals surface area contributed by atoms with Gasteiger partial charge in [-0.3, -0.25) is 4.79 Å². The van der Waals surface area contributed by atoms with Crippen LogP contribution >= 0.6 is 0 Å². The van der Waals surface area contributed by atoms with Gasteiger partial charge in [-0.15, -0.1) is 0 Å². The SMILES string of the molecule is CC(NC(=O)CC1CCNCC1)C1CC2CCC1C2. The van der Waals surface area contributed by atoms with Gasteiger partial charge in [0, 0.05) is 12.5 Å². The zero-order chi connectivity index (χ0) is 13.2. The van der Waals surface area contributed by atoms with Crippen LogP contribution in [-0.4, -0.2) is 25.0 Å². The molecule has 19 heavy (non-hydrogen) atoms. The fourth-order valence-electron chi connectivity index (χ4n) is 4.67. The molecule has 0 spiro atoms. The minimum Gasteiger partial charge on any atom is -0.353 e. The van der Waals surface area contributed by atoms with Crippen LogP contribution < -0.4 is 10.6 Å². The highest BCUT2D eigenvalue weighted by Crippen LogP contribution is 2.49. The lowest BCUT2D eigenvalue weighted by Gasteiger charge is -2.29. The first-order valence-electron chi connectivity index (χ1n) is 8.22. The maximum atomic E-state index is 12.2. The van der Waals surface area contributed by atoms with Crippen LogP contribution in [0.2, 0.25) is 0 Å². The Hall–Kier alpha value is -0.570. The minimum atomic E-state index is 0.294. The van der Waals surface area contributed by atoms with Crippen LogP contribution in [0.5, 0.6) is 0 Å². The Labute approximate surface area is 116 Å². The number of amides is 1. The number of carbonyl (C=O) groups is 1. The van der Waals surface area contributed by atoms with E-state index in [1.165, 1.54) is 25.7 Å². The predicted octanol–water partition coefficient (Wildman–Crippen LogP) is 2.32. The van der Waals surface area contributed by atoms with Crippen LogP contribution in [0.1, 0.15) is 51.9 Å². The van der Waals surface area contributed by atoms with Crippen LogP contribution in [0.25, 0.3) is 0 Å². The second kappa shape index (κ2) is 5.82. The topological polar surface area (TPSA) is 41.1 Å². The molecule has 1 heterocycles. The van der Waals surface area contributed by atoms with Gasteiger partial charge in [-0.1, -0.05) is 6.42 Å².